The van der Waals surface area contributed by atoms with Crippen molar-refractivity contribution >= 4 is 0 Å². The van der Waals surface area contributed by atoms with Gasteiger partial charge in [0.2, 0.25) is 0 Å². The van der Waals surface area contributed by atoms with Crippen molar-refractivity contribution in [2.45, 2.75) is 24.9 Å². The van der Waals surface area contributed by atoms with Crippen molar-refractivity contribution in [3.05, 3.63) is 0 Å². The number of nitrogens with one attached hydrogen (secondary N) is 1. The van der Waals surface area contributed by atoms with Crippen LogP contribution in [0.25, 0.3) is 0 Å². The van der Waals surface area contributed by atoms with Gasteiger partial charge in [-0.2, -0.15) is 0 Å². The van der Waals surface area contributed by atoms with Crippen molar-refractivity contribution < 1.29 is 9.84 Å². The minimum Gasteiger partial charge on any atom is -0.395 e. The second kappa shape index (κ2) is 3.91. The number of ether oxygens (including phenoxy) is 1. The van der Waals surface area contributed by atoms with Crippen molar-refractivity contribution in [2.24, 2.45) is 0 Å². The minimum absolute atomic E-state index is 0.137. The standard InChI is InChI=1S/C7H15NO2/c1-10-5-7(4-9)8-6-2-3-6/h6-9H,2-5H2,1H3. The van der Waals surface area contributed by atoms with Gasteiger partial charge in [0.05, 0.1) is 19.3 Å². The summed E-state index contributed by atoms with van der Waals surface area (Å²) in [6, 6.07) is 0.782. The Morgan fingerprint density at radius 3 is 2.80 bits per heavy atom. The fourth-order valence-electron chi connectivity index (χ4n) is 0.938. The van der Waals surface area contributed by atoms with Gasteiger partial charge in [0.15, 0.2) is 0 Å². The Labute approximate surface area is 61.4 Å². The van der Waals surface area contributed by atoms with E-state index in [1.807, 2.05) is 0 Å². The maximum Gasteiger partial charge on any atom is 0.0638 e. The normalized spacial score (nSPS) is 21.0. The molecule has 0 aliphatic heterocycles. The number of methoxy groups -OCH3 is 1. The summed E-state index contributed by atoms with van der Waals surface area (Å²) in [5.74, 6) is 0. The molecule has 0 spiro atoms. The van der Waals surface area contributed by atoms with Crippen LogP contribution in [-0.2, 0) is 4.74 Å². The van der Waals surface area contributed by atoms with E-state index in [-0.39, 0.29) is 12.6 Å². The first-order valence-electron chi connectivity index (χ1n) is 3.72. The summed E-state index contributed by atoms with van der Waals surface area (Å²) in [7, 11) is 1.65. The summed E-state index contributed by atoms with van der Waals surface area (Å²) < 4.78 is 4.90. The van der Waals surface area contributed by atoms with Crippen LogP contribution in [0.1, 0.15) is 12.8 Å². The highest BCUT2D eigenvalue weighted by Gasteiger charge is 2.23. The average Bonchev–Trinajstić information content (AvgIpc) is 2.71. The molecule has 3 nitrogen and oxygen atoms in total. The molecule has 0 heterocycles. The molecule has 0 amide bonds. The number of hydrogen-bond donors (Lipinski definition) is 2. The van der Waals surface area contributed by atoms with Crippen molar-refractivity contribution in [1.82, 2.24) is 5.32 Å². The summed E-state index contributed by atoms with van der Waals surface area (Å²) >= 11 is 0. The van der Waals surface area contributed by atoms with Crippen LogP contribution in [0.4, 0.5) is 0 Å². The zero-order chi connectivity index (χ0) is 7.40. The highest BCUT2D eigenvalue weighted by Crippen LogP contribution is 2.19. The van der Waals surface area contributed by atoms with E-state index in [0.717, 1.165) is 0 Å². The predicted molar refractivity (Wildman–Crippen MR) is 38.9 cm³/mol. The molecular formula is C7H15NO2. The van der Waals surface area contributed by atoms with Gasteiger partial charge in [0.25, 0.3) is 0 Å². The lowest BCUT2D eigenvalue weighted by Crippen LogP contribution is -2.37. The van der Waals surface area contributed by atoms with Crippen LogP contribution in [-0.4, -0.2) is 37.5 Å². The van der Waals surface area contributed by atoms with Gasteiger partial charge in [-0.25, -0.2) is 0 Å². The number of aliphatic hydroxyl groups excluding tert-OH is 1. The van der Waals surface area contributed by atoms with Gasteiger partial charge in [-0.3, -0.25) is 0 Å². The summed E-state index contributed by atoms with van der Waals surface area (Å²) in [5.41, 5.74) is 0. The monoisotopic (exact) mass is 145 g/mol. The zero-order valence-electron chi connectivity index (χ0n) is 6.34. The number of rotatable bonds is 5. The lowest BCUT2D eigenvalue weighted by Gasteiger charge is -2.13. The summed E-state index contributed by atoms with van der Waals surface area (Å²) in [6.45, 7) is 0.775. The molecule has 1 aliphatic rings. The largest absolute Gasteiger partial charge is 0.395 e. The summed E-state index contributed by atoms with van der Waals surface area (Å²) in [5, 5.41) is 12.1. The van der Waals surface area contributed by atoms with Crippen molar-refractivity contribution in [1.29, 1.82) is 0 Å². The van der Waals surface area contributed by atoms with Gasteiger partial charge in [0, 0.05) is 13.2 Å². The molecule has 0 bridgehead atoms. The van der Waals surface area contributed by atoms with E-state index in [1.165, 1.54) is 12.8 Å². The summed E-state index contributed by atoms with van der Waals surface area (Å²) in [6.07, 6.45) is 2.50. The topological polar surface area (TPSA) is 41.5 Å². The highest BCUT2D eigenvalue weighted by molar-refractivity contribution is 4.84. The van der Waals surface area contributed by atoms with E-state index in [9.17, 15) is 0 Å². The third kappa shape index (κ3) is 2.64. The van der Waals surface area contributed by atoms with Crippen molar-refractivity contribution in [3.8, 4) is 0 Å². The second-order valence-electron chi connectivity index (χ2n) is 2.78. The predicted octanol–water partition coefficient (Wildman–Crippen LogP) is -0.254. The van der Waals surface area contributed by atoms with Gasteiger partial charge in [-0.15, -0.1) is 0 Å². The Kier molecular flexibility index (Phi) is 3.12. The van der Waals surface area contributed by atoms with Crippen LogP contribution in [0.5, 0.6) is 0 Å². The molecule has 2 N–H and O–H groups in total. The molecule has 0 aromatic carbocycles. The van der Waals surface area contributed by atoms with Gasteiger partial charge in [0.1, 0.15) is 0 Å². The SMILES string of the molecule is COCC(CO)NC1CC1. The molecule has 0 aromatic heterocycles. The number of aliphatic hydroxyl groups is 1. The molecule has 1 aliphatic carbocycles. The zero-order valence-corrected chi connectivity index (χ0v) is 6.34. The van der Waals surface area contributed by atoms with E-state index in [2.05, 4.69) is 5.32 Å². The molecule has 1 unspecified atom stereocenters. The maximum absolute atomic E-state index is 8.79. The first-order valence-corrected chi connectivity index (χ1v) is 3.72. The second-order valence-corrected chi connectivity index (χ2v) is 2.78. The fraction of sp³-hybridized carbons (Fsp3) is 1.00. The maximum atomic E-state index is 8.79. The van der Waals surface area contributed by atoms with Gasteiger partial charge in [-0.05, 0) is 12.8 Å². The molecule has 0 radical (unpaired) electrons. The lowest BCUT2D eigenvalue weighted by atomic mass is 10.3. The molecule has 1 atom stereocenters. The van der Waals surface area contributed by atoms with E-state index in [4.69, 9.17) is 9.84 Å². The molecular weight excluding hydrogens is 130 g/mol. The molecule has 60 valence electrons. The molecule has 0 saturated heterocycles. The lowest BCUT2D eigenvalue weighted by molar-refractivity contribution is 0.128. The third-order valence-electron chi connectivity index (χ3n) is 1.64. The van der Waals surface area contributed by atoms with E-state index in [0.29, 0.717) is 12.6 Å². The molecule has 3 heteroatoms. The Balaban J connectivity index is 2.05. The van der Waals surface area contributed by atoms with E-state index < -0.39 is 0 Å². The van der Waals surface area contributed by atoms with Gasteiger partial charge >= 0.3 is 0 Å². The van der Waals surface area contributed by atoms with Gasteiger partial charge < -0.3 is 15.2 Å². The Bertz CT molecular complexity index is 93.6. The Morgan fingerprint density at radius 1 is 1.70 bits per heavy atom. The van der Waals surface area contributed by atoms with Crippen molar-refractivity contribution in [3.63, 3.8) is 0 Å². The van der Waals surface area contributed by atoms with Crippen LogP contribution < -0.4 is 5.32 Å². The molecule has 0 aromatic rings. The van der Waals surface area contributed by atoms with E-state index >= 15 is 0 Å². The highest BCUT2D eigenvalue weighted by atomic mass is 16.5. The van der Waals surface area contributed by atoms with Crippen LogP contribution in [0.3, 0.4) is 0 Å². The van der Waals surface area contributed by atoms with Crippen LogP contribution >= 0.6 is 0 Å². The summed E-state index contributed by atoms with van der Waals surface area (Å²) in [4.78, 5) is 0. The molecule has 1 fully saturated rings. The van der Waals surface area contributed by atoms with Crippen LogP contribution in [0, 0.1) is 0 Å². The average molecular weight is 145 g/mol. The third-order valence-corrected chi connectivity index (χ3v) is 1.64. The van der Waals surface area contributed by atoms with Crippen LogP contribution in [0.15, 0.2) is 0 Å². The van der Waals surface area contributed by atoms with Crippen molar-refractivity contribution in [2.75, 3.05) is 20.3 Å². The Morgan fingerprint density at radius 2 is 2.40 bits per heavy atom. The fourth-order valence-corrected chi connectivity index (χ4v) is 0.938. The first kappa shape index (κ1) is 7.98. The first-order chi connectivity index (χ1) is 4.86. The van der Waals surface area contributed by atoms with Crippen LogP contribution in [0.2, 0.25) is 0 Å². The molecule has 1 saturated carbocycles. The number of hydrogen-bond acceptors (Lipinski definition) is 3. The van der Waals surface area contributed by atoms with E-state index in [1.54, 1.807) is 7.11 Å². The molecule has 1 rings (SSSR count). The Hall–Kier alpha value is -0.120. The smallest absolute Gasteiger partial charge is 0.0638 e. The molecule has 10 heavy (non-hydrogen) atoms. The van der Waals surface area contributed by atoms with Gasteiger partial charge in [-0.1, -0.05) is 0 Å². The minimum atomic E-state index is 0.137. The quantitative estimate of drug-likeness (QED) is 0.560.